The van der Waals surface area contributed by atoms with E-state index in [-0.39, 0.29) is 6.61 Å². The quantitative estimate of drug-likeness (QED) is 0.258. The van der Waals surface area contributed by atoms with Gasteiger partial charge in [0, 0.05) is 0 Å². The number of benzene rings is 3. The van der Waals surface area contributed by atoms with E-state index in [4.69, 9.17) is 9.47 Å². The van der Waals surface area contributed by atoms with Gasteiger partial charge in [-0.25, -0.2) is 0 Å². The van der Waals surface area contributed by atoms with Crippen molar-refractivity contribution in [2.24, 2.45) is 0 Å². The van der Waals surface area contributed by atoms with E-state index < -0.39 is 34.1 Å². The summed E-state index contributed by atoms with van der Waals surface area (Å²) in [6.07, 6.45) is -4.36. The van der Waals surface area contributed by atoms with Crippen LogP contribution in [0.4, 0.5) is 0 Å². The zero-order chi connectivity index (χ0) is 21.8. The van der Waals surface area contributed by atoms with Gasteiger partial charge in [-0.05, 0) is 16.7 Å². The predicted octanol–water partition coefficient (Wildman–Crippen LogP) is 3.24. The largest absolute Gasteiger partial charge is 0.389 e. The molecule has 1 aliphatic heterocycles. The molecule has 5 nitrogen and oxygen atoms in total. The standard InChI is InChI=1S/C25H25IO5/c26-21-23(28)22(27)20(31-24(21)29)16-30-25(17-10-4-1-5-11-17,18-12-6-2-7-13-18)19-14-8-3-9-15-19/h1-15,20-24,27-29H,16H2/t20-,21+,22-,23-,24+/m0/s1. The maximum Gasteiger partial charge on any atom is 0.169 e. The zero-order valence-electron chi connectivity index (χ0n) is 16.8. The monoisotopic (exact) mass is 532 g/mol. The van der Waals surface area contributed by atoms with Crippen LogP contribution in [0.3, 0.4) is 0 Å². The third kappa shape index (κ3) is 4.41. The van der Waals surface area contributed by atoms with Gasteiger partial charge in [0.05, 0.1) is 16.6 Å². The van der Waals surface area contributed by atoms with E-state index in [1.165, 1.54) is 0 Å². The van der Waals surface area contributed by atoms with E-state index in [2.05, 4.69) is 0 Å². The Morgan fingerprint density at radius 2 is 1.13 bits per heavy atom. The van der Waals surface area contributed by atoms with Gasteiger partial charge in [-0.2, -0.15) is 0 Å². The SMILES string of the molecule is O[C@@H]1[C@@H](O)[C@H](COC(c2ccccc2)(c2ccccc2)c2ccccc2)O[C@@H](O)[C@@H]1I. The third-order valence-electron chi connectivity index (χ3n) is 5.65. The molecule has 31 heavy (non-hydrogen) atoms. The van der Waals surface area contributed by atoms with Crippen LogP contribution < -0.4 is 0 Å². The average Bonchev–Trinajstić information content (AvgIpc) is 2.83. The molecule has 3 aromatic rings. The summed E-state index contributed by atoms with van der Waals surface area (Å²) in [7, 11) is 0. The first-order chi connectivity index (χ1) is 15.0. The second-order valence-electron chi connectivity index (χ2n) is 7.58. The number of hydrogen-bond acceptors (Lipinski definition) is 5. The van der Waals surface area contributed by atoms with E-state index in [0.717, 1.165) is 16.7 Å². The van der Waals surface area contributed by atoms with Crippen molar-refractivity contribution in [3.8, 4) is 0 Å². The highest BCUT2D eigenvalue weighted by Crippen LogP contribution is 2.41. The van der Waals surface area contributed by atoms with Gasteiger partial charge in [-0.3, -0.25) is 0 Å². The van der Waals surface area contributed by atoms with Crippen molar-refractivity contribution in [3.63, 3.8) is 0 Å². The number of aliphatic hydroxyl groups excluding tert-OH is 3. The zero-order valence-corrected chi connectivity index (χ0v) is 18.9. The minimum atomic E-state index is -1.19. The lowest BCUT2D eigenvalue weighted by Gasteiger charge is -2.41. The maximum absolute atomic E-state index is 10.6. The second-order valence-corrected chi connectivity index (χ2v) is 9.02. The molecule has 6 heteroatoms. The molecule has 0 spiro atoms. The molecule has 0 radical (unpaired) electrons. The van der Waals surface area contributed by atoms with Gasteiger partial charge in [0.25, 0.3) is 0 Å². The Kier molecular flexibility index (Phi) is 7.05. The van der Waals surface area contributed by atoms with Crippen LogP contribution in [0, 0.1) is 0 Å². The van der Waals surface area contributed by atoms with E-state index in [1.807, 2.05) is 114 Å². The van der Waals surface area contributed by atoms with Gasteiger partial charge in [0.2, 0.25) is 0 Å². The molecule has 0 aliphatic carbocycles. The van der Waals surface area contributed by atoms with E-state index in [0.29, 0.717) is 0 Å². The van der Waals surface area contributed by atoms with Gasteiger partial charge >= 0.3 is 0 Å². The first-order valence-electron chi connectivity index (χ1n) is 10.2. The number of rotatable bonds is 6. The molecule has 0 amide bonds. The molecular formula is C25H25IO5. The molecule has 1 saturated heterocycles. The highest BCUT2D eigenvalue weighted by atomic mass is 127. The molecular weight excluding hydrogens is 507 g/mol. The van der Waals surface area contributed by atoms with E-state index >= 15 is 0 Å². The van der Waals surface area contributed by atoms with Crippen molar-refractivity contribution in [2.45, 2.75) is 34.1 Å². The molecule has 1 fully saturated rings. The summed E-state index contributed by atoms with van der Waals surface area (Å²) in [5, 5.41) is 31.0. The molecule has 0 aromatic heterocycles. The molecule has 1 aliphatic rings. The lowest BCUT2D eigenvalue weighted by Crippen LogP contribution is -2.57. The first kappa shape index (κ1) is 22.4. The second kappa shape index (κ2) is 9.77. The Morgan fingerprint density at radius 3 is 1.55 bits per heavy atom. The molecule has 3 aromatic carbocycles. The van der Waals surface area contributed by atoms with Crippen LogP contribution in [-0.2, 0) is 15.1 Å². The summed E-state index contributed by atoms with van der Waals surface area (Å²) < 4.78 is 11.6. The lowest BCUT2D eigenvalue weighted by atomic mass is 9.80. The van der Waals surface area contributed by atoms with Crippen LogP contribution in [0.15, 0.2) is 91.0 Å². The highest BCUT2D eigenvalue weighted by molar-refractivity contribution is 14.1. The number of alkyl halides is 1. The summed E-state index contributed by atoms with van der Waals surface area (Å²) in [5.74, 6) is 0. The normalized spacial score (nSPS) is 26.5. The van der Waals surface area contributed by atoms with Gasteiger partial charge in [0.1, 0.15) is 17.8 Å². The predicted molar refractivity (Wildman–Crippen MR) is 126 cm³/mol. The van der Waals surface area contributed by atoms with Crippen molar-refractivity contribution in [1.29, 1.82) is 0 Å². The summed E-state index contributed by atoms with van der Waals surface area (Å²) in [5.41, 5.74) is 1.80. The topological polar surface area (TPSA) is 79.2 Å². The molecule has 0 saturated carbocycles. The lowest BCUT2D eigenvalue weighted by molar-refractivity contribution is -0.241. The Bertz CT molecular complexity index is 857. The van der Waals surface area contributed by atoms with E-state index in [1.54, 1.807) is 0 Å². The summed E-state index contributed by atoms with van der Waals surface area (Å²) in [4.78, 5) is 0. The van der Waals surface area contributed by atoms with Crippen LogP contribution in [0.2, 0.25) is 0 Å². The molecule has 4 rings (SSSR count). The smallest absolute Gasteiger partial charge is 0.169 e. The molecule has 162 valence electrons. The fourth-order valence-electron chi connectivity index (χ4n) is 4.03. The molecule has 0 unspecified atom stereocenters. The van der Waals surface area contributed by atoms with Crippen LogP contribution in [0.25, 0.3) is 0 Å². The van der Waals surface area contributed by atoms with Crippen molar-refractivity contribution in [1.82, 2.24) is 0 Å². The number of hydrogen-bond donors (Lipinski definition) is 3. The van der Waals surface area contributed by atoms with Crippen LogP contribution >= 0.6 is 22.6 Å². The van der Waals surface area contributed by atoms with Crippen molar-refractivity contribution >= 4 is 22.6 Å². The molecule has 5 atom stereocenters. The summed E-state index contributed by atoms with van der Waals surface area (Å²) in [6.45, 7) is -0.0304. The Morgan fingerprint density at radius 1 is 0.710 bits per heavy atom. The number of halogens is 1. The highest BCUT2D eigenvalue weighted by Gasteiger charge is 2.45. The van der Waals surface area contributed by atoms with Gasteiger partial charge < -0.3 is 24.8 Å². The molecule has 1 heterocycles. The average molecular weight is 532 g/mol. The number of ether oxygens (including phenoxy) is 2. The summed E-state index contributed by atoms with van der Waals surface area (Å²) in [6, 6.07) is 29.6. The minimum absolute atomic E-state index is 0.0304. The fraction of sp³-hybridized carbons (Fsp3) is 0.280. The van der Waals surface area contributed by atoms with Crippen molar-refractivity contribution in [2.75, 3.05) is 6.61 Å². The van der Waals surface area contributed by atoms with Crippen LogP contribution in [0.1, 0.15) is 16.7 Å². The third-order valence-corrected chi connectivity index (χ3v) is 7.00. The Hall–Kier alpha value is -1.81. The van der Waals surface area contributed by atoms with Gasteiger partial charge in [0.15, 0.2) is 6.29 Å². The molecule has 0 bridgehead atoms. The van der Waals surface area contributed by atoms with Crippen LogP contribution in [0.5, 0.6) is 0 Å². The fourth-order valence-corrected chi connectivity index (χ4v) is 4.62. The summed E-state index contributed by atoms with van der Waals surface area (Å²) >= 11 is 1.88. The van der Waals surface area contributed by atoms with Gasteiger partial charge in [-0.15, -0.1) is 0 Å². The Labute approximate surface area is 195 Å². The Balaban J connectivity index is 1.78. The van der Waals surface area contributed by atoms with E-state index in [9.17, 15) is 15.3 Å². The molecule has 3 N–H and O–H groups in total. The minimum Gasteiger partial charge on any atom is -0.389 e. The van der Waals surface area contributed by atoms with Gasteiger partial charge in [-0.1, -0.05) is 114 Å². The maximum atomic E-state index is 10.6. The van der Waals surface area contributed by atoms with Crippen molar-refractivity contribution < 1.29 is 24.8 Å². The van der Waals surface area contributed by atoms with Crippen molar-refractivity contribution in [3.05, 3.63) is 108 Å². The first-order valence-corrected chi connectivity index (χ1v) is 11.4. The van der Waals surface area contributed by atoms with Crippen LogP contribution in [-0.4, -0.2) is 50.5 Å². The number of aliphatic hydroxyl groups is 3.